The molecule has 92 valence electrons. The van der Waals surface area contributed by atoms with Crippen molar-refractivity contribution in [2.75, 3.05) is 19.7 Å². The summed E-state index contributed by atoms with van der Waals surface area (Å²) < 4.78 is 5.27. The van der Waals surface area contributed by atoms with Crippen molar-refractivity contribution in [2.45, 2.75) is 0 Å². The zero-order valence-electron chi connectivity index (χ0n) is 9.60. The van der Waals surface area contributed by atoms with Gasteiger partial charge in [0.15, 0.2) is 6.61 Å². The highest BCUT2D eigenvalue weighted by Gasteiger charge is 2.12. The summed E-state index contributed by atoms with van der Waals surface area (Å²) in [6.45, 7) is -0.117. The SMILES string of the molecule is C#CCN(CC#N)C(=O)COc1ccc(Cl)cc1. The zero-order valence-corrected chi connectivity index (χ0v) is 10.4. The number of carbonyl (C=O) groups is 1. The Morgan fingerprint density at radius 1 is 1.39 bits per heavy atom. The van der Waals surface area contributed by atoms with Gasteiger partial charge < -0.3 is 9.64 Å². The molecule has 4 nitrogen and oxygen atoms in total. The first-order valence-corrected chi connectivity index (χ1v) is 5.51. The number of terminal acetylenes is 1. The Balaban J connectivity index is 2.52. The fourth-order valence-corrected chi connectivity index (χ4v) is 1.32. The lowest BCUT2D eigenvalue weighted by molar-refractivity contribution is -0.132. The van der Waals surface area contributed by atoms with Crippen molar-refractivity contribution in [1.29, 1.82) is 5.26 Å². The molecule has 0 unspecified atom stereocenters. The second kappa shape index (κ2) is 7.21. The van der Waals surface area contributed by atoms with E-state index in [1.807, 2.05) is 6.07 Å². The van der Waals surface area contributed by atoms with E-state index in [0.717, 1.165) is 0 Å². The highest BCUT2D eigenvalue weighted by molar-refractivity contribution is 6.30. The number of nitriles is 1. The van der Waals surface area contributed by atoms with E-state index in [4.69, 9.17) is 28.0 Å². The van der Waals surface area contributed by atoms with Crippen LogP contribution < -0.4 is 4.74 Å². The number of hydrogen-bond donors (Lipinski definition) is 0. The van der Waals surface area contributed by atoms with Gasteiger partial charge in [0.2, 0.25) is 0 Å². The second-order valence-electron chi connectivity index (χ2n) is 3.35. The highest BCUT2D eigenvalue weighted by Crippen LogP contribution is 2.15. The molecule has 1 amide bonds. The van der Waals surface area contributed by atoms with Crippen LogP contribution in [0.2, 0.25) is 5.02 Å². The quantitative estimate of drug-likeness (QED) is 0.600. The molecule has 0 N–H and O–H groups in total. The van der Waals surface area contributed by atoms with Gasteiger partial charge in [-0.05, 0) is 24.3 Å². The van der Waals surface area contributed by atoms with E-state index in [1.54, 1.807) is 24.3 Å². The smallest absolute Gasteiger partial charge is 0.262 e. The first kappa shape index (κ1) is 13.9. The van der Waals surface area contributed by atoms with Crippen LogP contribution in [-0.4, -0.2) is 30.5 Å². The van der Waals surface area contributed by atoms with Crippen LogP contribution in [0.4, 0.5) is 0 Å². The number of benzene rings is 1. The lowest BCUT2D eigenvalue weighted by atomic mass is 10.3. The Labute approximate surface area is 111 Å². The fraction of sp³-hybridized carbons (Fsp3) is 0.231. The number of halogens is 1. The molecular weight excluding hydrogens is 252 g/mol. The summed E-state index contributed by atoms with van der Waals surface area (Å²) in [5.41, 5.74) is 0. The van der Waals surface area contributed by atoms with Crippen LogP contribution in [0.25, 0.3) is 0 Å². The van der Waals surface area contributed by atoms with Gasteiger partial charge >= 0.3 is 0 Å². The molecule has 0 aliphatic carbocycles. The summed E-state index contributed by atoms with van der Waals surface area (Å²) in [6, 6.07) is 8.52. The van der Waals surface area contributed by atoms with Crippen LogP contribution in [0.5, 0.6) is 5.75 Å². The van der Waals surface area contributed by atoms with Gasteiger partial charge in [0.05, 0.1) is 12.6 Å². The molecule has 5 heteroatoms. The van der Waals surface area contributed by atoms with Crippen molar-refractivity contribution >= 4 is 17.5 Å². The molecule has 0 heterocycles. The van der Waals surface area contributed by atoms with E-state index in [1.165, 1.54) is 4.90 Å². The Bertz CT molecular complexity index is 469. The van der Waals surface area contributed by atoms with Gasteiger partial charge in [-0.3, -0.25) is 4.79 Å². The first-order chi connectivity index (χ1) is 8.67. The largest absolute Gasteiger partial charge is 0.484 e. The monoisotopic (exact) mass is 262 g/mol. The average molecular weight is 263 g/mol. The molecule has 0 bridgehead atoms. The molecule has 0 saturated carbocycles. The molecule has 0 radical (unpaired) electrons. The number of amides is 1. The van der Waals surface area contributed by atoms with E-state index >= 15 is 0 Å². The average Bonchev–Trinajstić information content (AvgIpc) is 2.37. The summed E-state index contributed by atoms with van der Waals surface area (Å²) >= 11 is 5.72. The third-order valence-electron chi connectivity index (χ3n) is 2.07. The molecule has 1 aromatic rings. The Morgan fingerprint density at radius 2 is 2.06 bits per heavy atom. The van der Waals surface area contributed by atoms with Gasteiger partial charge in [-0.1, -0.05) is 17.5 Å². The van der Waals surface area contributed by atoms with E-state index in [-0.39, 0.29) is 25.6 Å². The van der Waals surface area contributed by atoms with Crippen molar-refractivity contribution in [3.8, 4) is 24.2 Å². The van der Waals surface area contributed by atoms with Gasteiger partial charge in [-0.25, -0.2) is 0 Å². The van der Waals surface area contributed by atoms with Gasteiger partial charge in [-0.2, -0.15) is 5.26 Å². The zero-order chi connectivity index (χ0) is 13.4. The summed E-state index contributed by atoms with van der Waals surface area (Å²) in [5.74, 6) is 2.52. The molecule has 1 aromatic carbocycles. The second-order valence-corrected chi connectivity index (χ2v) is 3.79. The number of carbonyl (C=O) groups excluding carboxylic acids is 1. The molecule has 0 fully saturated rings. The van der Waals surface area contributed by atoms with Crippen molar-refractivity contribution in [3.63, 3.8) is 0 Å². The van der Waals surface area contributed by atoms with Crippen molar-refractivity contribution < 1.29 is 9.53 Å². The number of hydrogen-bond acceptors (Lipinski definition) is 3. The van der Waals surface area contributed by atoms with Crippen LogP contribution in [0.3, 0.4) is 0 Å². The van der Waals surface area contributed by atoms with Gasteiger partial charge in [-0.15, -0.1) is 6.42 Å². The minimum atomic E-state index is -0.329. The Kier molecular flexibility index (Phi) is 5.57. The molecular formula is C13H11ClN2O2. The lowest BCUT2D eigenvalue weighted by Crippen LogP contribution is -2.35. The predicted molar refractivity (Wildman–Crippen MR) is 68.0 cm³/mol. The van der Waals surface area contributed by atoms with E-state index in [0.29, 0.717) is 10.8 Å². The van der Waals surface area contributed by atoms with Gasteiger partial charge in [0.25, 0.3) is 5.91 Å². The molecule has 18 heavy (non-hydrogen) atoms. The van der Waals surface area contributed by atoms with Crippen LogP contribution >= 0.6 is 11.6 Å². The maximum Gasteiger partial charge on any atom is 0.262 e. The molecule has 0 aromatic heterocycles. The molecule has 0 aliphatic rings. The summed E-state index contributed by atoms with van der Waals surface area (Å²) in [4.78, 5) is 12.9. The minimum absolute atomic E-state index is 0.0486. The maximum atomic E-state index is 11.7. The molecule has 0 aliphatic heterocycles. The molecule has 1 rings (SSSR count). The van der Waals surface area contributed by atoms with Crippen molar-refractivity contribution in [3.05, 3.63) is 29.3 Å². The summed E-state index contributed by atoms with van der Waals surface area (Å²) in [7, 11) is 0. The van der Waals surface area contributed by atoms with Gasteiger partial charge in [0.1, 0.15) is 12.3 Å². The van der Waals surface area contributed by atoms with Crippen LogP contribution in [-0.2, 0) is 4.79 Å². The fourth-order valence-electron chi connectivity index (χ4n) is 1.19. The molecule has 0 spiro atoms. The van der Waals surface area contributed by atoms with E-state index in [2.05, 4.69) is 5.92 Å². The highest BCUT2D eigenvalue weighted by atomic mass is 35.5. The van der Waals surface area contributed by atoms with Gasteiger partial charge in [0, 0.05) is 5.02 Å². The maximum absolute atomic E-state index is 11.7. The standard InChI is InChI=1S/C13H11ClN2O2/c1-2-8-16(9-7-15)13(17)10-18-12-5-3-11(14)4-6-12/h1,3-6H,8-10H2. The number of nitrogens with zero attached hydrogens (tertiary/aromatic N) is 2. The Hall–Kier alpha value is -2.17. The van der Waals surface area contributed by atoms with E-state index < -0.39 is 0 Å². The molecule has 0 atom stereocenters. The van der Waals surface area contributed by atoms with E-state index in [9.17, 15) is 4.79 Å². The summed E-state index contributed by atoms with van der Waals surface area (Å²) in [6.07, 6.45) is 5.11. The summed E-state index contributed by atoms with van der Waals surface area (Å²) in [5, 5.41) is 9.15. The number of rotatable bonds is 5. The van der Waals surface area contributed by atoms with Crippen molar-refractivity contribution in [2.24, 2.45) is 0 Å². The van der Waals surface area contributed by atoms with Crippen LogP contribution in [0.15, 0.2) is 24.3 Å². The normalized spacial score (nSPS) is 9.06. The first-order valence-electron chi connectivity index (χ1n) is 5.14. The predicted octanol–water partition coefficient (Wildman–Crippen LogP) is 1.70. The topological polar surface area (TPSA) is 53.3 Å². The lowest BCUT2D eigenvalue weighted by Gasteiger charge is -2.16. The van der Waals surface area contributed by atoms with Crippen LogP contribution in [0, 0.1) is 23.7 Å². The van der Waals surface area contributed by atoms with Crippen molar-refractivity contribution in [1.82, 2.24) is 4.90 Å². The third kappa shape index (κ3) is 4.37. The third-order valence-corrected chi connectivity index (χ3v) is 2.32. The number of ether oxygens (including phenoxy) is 1. The minimum Gasteiger partial charge on any atom is -0.484 e. The molecule has 0 saturated heterocycles. The van der Waals surface area contributed by atoms with Crippen LogP contribution in [0.1, 0.15) is 0 Å². The Morgan fingerprint density at radius 3 is 2.61 bits per heavy atom.